The summed E-state index contributed by atoms with van der Waals surface area (Å²) in [7, 11) is 0. The molecule has 0 spiro atoms. The molecule has 1 rings (SSSR count). The number of aryl methyl sites for hydroxylation is 2. The van der Waals surface area contributed by atoms with E-state index in [9.17, 15) is 0 Å². The first-order valence-corrected chi connectivity index (χ1v) is 7.57. The summed E-state index contributed by atoms with van der Waals surface area (Å²) in [6.07, 6.45) is 2.34. The third-order valence-electron chi connectivity index (χ3n) is 3.34. The van der Waals surface area contributed by atoms with Crippen LogP contribution in [0.25, 0.3) is 0 Å². The van der Waals surface area contributed by atoms with Crippen LogP contribution in [-0.2, 0) is 6.42 Å². The van der Waals surface area contributed by atoms with Crippen molar-refractivity contribution in [2.24, 2.45) is 5.92 Å². The average Bonchev–Trinajstić information content (AvgIpc) is 2.36. The minimum Gasteiger partial charge on any atom is -0.316 e. The lowest BCUT2D eigenvalue weighted by molar-refractivity contribution is 0.531. The molecule has 0 amide bonds. The molecule has 0 aromatic heterocycles. The Balaban J connectivity index is 2.06. The van der Waals surface area contributed by atoms with Gasteiger partial charge in [-0.3, -0.25) is 0 Å². The van der Waals surface area contributed by atoms with Gasteiger partial charge in [-0.25, -0.2) is 0 Å². The van der Waals surface area contributed by atoms with Gasteiger partial charge in [-0.1, -0.05) is 37.6 Å². The van der Waals surface area contributed by atoms with E-state index in [1.54, 1.807) is 0 Å². The van der Waals surface area contributed by atoms with Gasteiger partial charge in [0.15, 0.2) is 0 Å². The molecular weight excluding hydrogens is 232 g/mol. The SMILES string of the molecule is Cc1ccc(C)c(CCNCCCNCC(C)C)c1. The molecule has 2 N–H and O–H groups in total. The molecule has 0 aliphatic rings. The summed E-state index contributed by atoms with van der Waals surface area (Å²) < 4.78 is 0. The van der Waals surface area contributed by atoms with Gasteiger partial charge < -0.3 is 10.6 Å². The highest BCUT2D eigenvalue weighted by molar-refractivity contribution is 5.30. The van der Waals surface area contributed by atoms with E-state index in [1.807, 2.05) is 0 Å². The highest BCUT2D eigenvalue weighted by atomic mass is 14.9. The van der Waals surface area contributed by atoms with Crippen molar-refractivity contribution in [1.82, 2.24) is 10.6 Å². The van der Waals surface area contributed by atoms with Gasteiger partial charge in [0.05, 0.1) is 0 Å². The topological polar surface area (TPSA) is 24.1 Å². The molecule has 19 heavy (non-hydrogen) atoms. The van der Waals surface area contributed by atoms with Crippen LogP contribution in [0.2, 0.25) is 0 Å². The summed E-state index contributed by atoms with van der Waals surface area (Å²) in [6.45, 7) is 13.3. The van der Waals surface area contributed by atoms with Crippen molar-refractivity contribution in [1.29, 1.82) is 0 Å². The molecule has 1 aromatic carbocycles. The Hall–Kier alpha value is -0.860. The lowest BCUT2D eigenvalue weighted by Gasteiger charge is -2.09. The molecule has 0 aliphatic heterocycles. The quantitative estimate of drug-likeness (QED) is 0.668. The van der Waals surface area contributed by atoms with Crippen LogP contribution >= 0.6 is 0 Å². The van der Waals surface area contributed by atoms with Crippen LogP contribution in [0.1, 0.15) is 37.0 Å². The fourth-order valence-corrected chi connectivity index (χ4v) is 2.15. The highest BCUT2D eigenvalue weighted by Crippen LogP contribution is 2.10. The second kappa shape index (κ2) is 9.11. The number of benzene rings is 1. The number of nitrogens with one attached hydrogen (secondary N) is 2. The van der Waals surface area contributed by atoms with E-state index < -0.39 is 0 Å². The summed E-state index contributed by atoms with van der Waals surface area (Å²) in [5.41, 5.74) is 4.25. The van der Waals surface area contributed by atoms with Crippen molar-refractivity contribution in [2.45, 2.75) is 40.5 Å². The fourth-order valence-electron chi connectivity index (χ4n) is 2.15. The molecule has 108 valence electrons. The summed E-state index contributed by atoms with van der Waals surface area (Å²) in [6, 6.07) is 6.72. The predicted octanol–water partition coefficient (Wildman–Crippen LogP) is 3.07. The Labute approximate surface area is 119 Å². The molecule has 1 aromatic rings. The zero-order chi connectivity index (χ0) is 14.1. The Morgan fingerprint density at radius 1 is 1.00 bits per heavy atom. The van der Waals surface area contributed by atoms with Crippen LogP contribution in [0.5, 0.6) is 0 Å². The smallest absolute Gasteiger partial charge is 0.000824 e. The second-order valence-corrected chi connectivity index (χ2v) is 5.88. The van der Waals surface area contributed by atoms with Crippen molar-refractivity contribution >= 4 is 0 Å². The Kier molecular flexibility index (Phi) is 7.76. The predicted molar refractivity (Wildman–Crippen MR) is 84.8 cm³/mol. The molecule has 2 nitrogen and oxygen atoms in total. The third kappa shape index (κ3) is 7.34. The van der Waals surface area contributed by atoms with Crippen LogP contribution in [-0.4, -0.2) is 26.2 Å². The normalized spacial score (nSPS) is 11.2. The Morgan fingerprint density at radius 2 is 1.74 bits per heavy atom. The van der Waals surface area contributed by atoms with Gasteiger partial charge in [0.1, 0.15) is 0 Å². The van der Waals surface area contributed by atoms with E-state index in [1.165, 1.54) is 23.1 Å². The first-order chi connectivity index (χ1) is 9.09. The largest absolute Gasteiger partial charge is 0.316 e. The zero-order valence-electron chi connectivity index (χ0n) is 13.1. The van der Waals surface area contributed by atoms with Crippen LogP contribution in [0.3, 0.4) is 0 Å². The van der Waals surface area contributed by atoms with Crippen molar-refractivity contribution < 1.29 is 0 Å². The van der Waals surface area contributed by atoms with E-state index in [0.717, 1.165) is 38.5 Å². The summed E-state index contributed by atoms with van der Waals surface area (Å²) in [4.78, 5) is 0. The molecule has 0 radical (unpaired) electrons. The van der Waals surface area contributed by atoms with Gasteiger partial charge in [0.2, 0.25) is 0 Å². The van der Waals surface area contributed by atoms with Crippen LogP contribution in [0, 0.1) is 19.8 Å². The number of hydrogen-bond donors (Lipinski definition) is 2. The molecule has 0 saturated carbocycles. The maximum absolute atomic E-state index is 3.53. The maximum atomic E-state index is 3.53. The van der Waals surface area contributed by atoms with Gasteiger partial charge in [0, 0.05) is 0 Å². The molecule has 0 bridgehead atoms. The molecule has 2 heteroatoms. The molecule has 0 fully saturated rings. The van der Waals surface area contributed by atoms with Crippen molar-refractivity contribution in [3.8, 4) is 0 Å². The number of hydrogen-bond acceptors (Lipinski definition) is 2. The summed E-state index contributed by atoms with van der Waals surface area (Å²) in [5.74, 6) is 0.747. The highest BCUT2D eigenvalue weighted by Gasteiger charge is 1.98. The van der Waals surface area contributed by atoms with Crippen molar-refractivity contribution in [2.75, 3.05) is 26.2 Å². The minimum absolute atomic E-state index is 0.747. The van der Waals surface area contributed by atoms with Gasteiger partial charge in [-0.2, -0.15) is 0 Å². The van der Waals surface area contributed by atoms with Crippen LogP contribution in [0.4, 0.5) is 0 Å². The fraction of sp³-hybridized carbons (Fsp3) is 0.647. The zero-order valence-corrected chi connectivity index (χ0v) is 13.1. The van der Waals surface area contributed by atoms with E-state index in [2.05, 4.69) is 56.5 Å². The maximum Gasteiger partial charge on any atom is -0.000824 e. The molecule has 0 unspecified atom stereocenters. The second-order valence-electron chi connectivity index (χ2n) is 5.88. The van der Waals surface area contributed by atoms with E-state index in [-0.39, 0.29) is 0 Å². The Morgan fingerprint density at radius 3 is 2.47 bits per heavy atom. The van der Waals surface area contributed by atoms with Gasteiger partial charge in [-0.05, 0) is 69.9 Å². The van der Waals surface area contributed by atoms with Gasteiger partial charge in [0.25, 0.3) is 0 Å². The summed E-state index contributed by atoms with van der Waals surface area (Å²) >= 11 is 0. The molecular formula is C17H30N2. The first kappa shape index (κ1) is 16.2. The van der Waals surface area contributed by atoms with E-state index in [4.69, 9.17) is 0 Å². The van der Waals surface area contributed by atoms with Crippen molar-refractivity contribution in [3.63, 3.8) is 0 Å². The third-order valence-corrected chi connectivity index (χ3v) is 3.34. The van der Waals surface area contributed by atoms with E-state index in [0.29, 0.717) is 0 Å². The van der Waals surface area contributed by atoms with Crippen LogP contribution in [0.15, 0.2) is 18.2 Å². The lowest BCUT2D eigenvalue weighted by Crippen LogP contribution is -2.25. The molecule has 0 saturated heterocycles. The van der Waals surface area contributed by atoms with Gasteiger partial charge >= 0.3 is 0 Å². The van der Waals surface area contributed by atoms with E-state index >= 15 is 0 Å². The minimum atomic E-state index is 0.747. The molecule has 0 heterocycles. The molecule has 0 atom stereocenters. The number of rotatable bonds is 9. The monoisotopic (exact) mass is 262 g/mol. The first-order valence-electron chi connectivity index (χ1n) is 7.57. The van der Waals surface area contributed by atoms with Crippen molar-refractivity contribution in [3.05, 3.63) is 34.9 Å². The van der Waals surface area contributed by atoms with Gasteiger partial charge in [-0.15, -0.1) is 0 Å². The Bertz CT molecular complexity index is 358. The standard InChI is InChI=1S/C17H30N2/c1-14(2)13-19-10-5-9-18-11-8-17-12-15(3)6-7-16(17)4/h6-7,12,14,18-19H,5,8-11,13H2,1-4H3. The summed E-state index contributed by atoms with van der Waals surface area (Å²) in [5, 5.41) is 7.00. The van der Waals surface area contributed by atoms with Crippen LogP contribution < -0.4 is 10.6 Å². The lowest BCUT2D eigenvalue weighted by atomic mass is 10.0. The average molecular weight is 262 g/mol. The molecule has 0 aliphatic carbocycles.